The van der Waals surface area contributed by atoms with E-state index < -0.39 is 0 Å². The lowest BCUT2D eigenvalue weighted by atomic mass is 9.99. The Bertz CT molecular complexity index is 453. The summed E-state index contributed by atoms with van der Waals surface area (Å²) in [6.45, 7) is 6.95. The minimum absolute atomic E-state index is 0.280. The fraction of sp³-hybridized carbons (Fsp3) is 0.562. The lowest BCUT2D eigenvalue weighted by Gasteiger charge is -2.23. The molecule has 0 aliphatic carbocycles. The summed E-state index contributed by atoms with van der Waals surface area (Å²) in [5.41, 5.74) is 1.45. The highest BCUT2D eigenvalue weighted by atomic mass is 16.5. The molecule has 1 aromatic rings. The summed E-state index contributed by atoms with van der Waals surface area (Å²) in [6, 6.07) is 5.54. The highest BCUT2D eigenvalue weighted by Gasteiger charge is 2.16. The van der Waals surface area contributed by atoms with E-state index >= 15 is 0 Å². The van der Waals surface area contributed by atoms with E-state index in [1.165, 1.54) is 0 Å². The Labute approximate surface area is 120 Å². The largest absolute Gasteiger partial charge is 0.493 e. The second kappa shape index (κ2) is 7.29. The van der Waals surface area contributed by atoms with Crippen LogP contribution in [0.1, 0.15) is 35.7 Å². The molecule has 0 amide bonds. The molecule has 20 heavy (non-hydrogen) atoms. The molecule has 0 spiro atoms. The van der Waals surface area contributed by atoms with Crippen molar-refractivity contribution in [2.24, 2.45) is 5.92 Å². The Morgan fingerprint density at radius 1 is 1.35 bits per heavy atom. The molecule has 0 saturated carbocycles. The van der Waals surface area contributed by atoms with Crippen LogP contribution in [0.15, 0.2) is 18.2 Å². The van der Waals surface area contributed by atoms with E-state index in [0.29, 0.717) is 18.1 Å². The van der Waals surface area contributed by atoms with E-state index in [1.54, 1.807) is 6.07 Å². The Balaban J connectivity index is 2.00. The number of rotatable bonds is 5. The van der Waals surface area contributed by atoms with Gasteiger partial charge in [-0.2, -0.15) is 0 Å². The van der Waals surface area contributed by atoms with E-state index in [1.807, 2.05) is 26.0 Å². The van der Waals surface area contributed by atoms with Gasteiger partial charge in [0.05, 0.1) is 18.8 Å². The van der Waals surface area contributed by atoms with Gasteiger partial charge in [-0.25, -0.2) is 4.79 Å². The van der Waals surface area contributed by atoms with Crippen molar-refractivity contribution < 1.29 is 14.3 Å². The Morgan fingerprint density at radius 2 is 2.10 bits per heavy atom. The molecule has 110 valence electrons. The first-order valence-electron chi connectivity index (χ1n) is 7.32. The van der Waals surface area contributed by atoms with Crippen LogP contribution in [0.3, 0.4) is 0 Å². The molecule has 4 nitrogen and oxygen atoms in total. The van der Waals surface area contributed by atoms with Crippen LogP contribution in [0, 0.1) is 12.8 Å². The molecule has 0 unspecified atom stereocenters. The van der Waals surface area contributed by atoms with Crippen LogP contribution < -0.4 is 10.1 Å². The van der Waals surface area contributed by atoms with Gasteiger partial charge < -0.3 is 14.8 Å². The first-order valence-corrected chi connectivity index (χ1v) is 7.32. The van der Waals surface area contributed by atoms with Crippen LogP contribution in [0.25, 0.3) is 0 Å². The van der Waals surface area contributed by atoms with Gasteiger partial charge in [0.15, 0.2) is 0 Å². The fourth-order valence-electron chi connectivity index (χ4n) is 2.46. The molecular formula is C16H23NO3. The summed E-state index contributed by atoms with van der Waals surface area (Å²) < 4.78 is 11.0. The molecule has 1 aliphatic heterocycles. The van der Waals surface area contributed by atoms with Gasteiger partial charge in [-0.1, -0.05) is 6.07 Å². The second-order valence-corrected chi connectivity index (χ2v) is 5.15. The van der Waals surface area contributed by atoms with Crippen molar-refractivity contribution in [3.8, 4) is 5.75 Å². The smallest absolute Gasteiger partial charge is 0.338 e. The number of hydrogen-bond acceptors (Lipinski definition) is 4. The highest BCUT2D eigenvalue weighted by Crippen LogP contribution is 2.23. The molecule has 0 aromatic heterocycles. The van der Waals surface area contributed by atoms with Gasteiger partial charge >= 0.3 is 5.97 Å². The maximum absolute atomic E-state index is 11.8. The lowest BCUT2D eigenvalue weighted by molar-refractivity contribution is 0.0525. The van der Waals surface area contributed by atoms with E-state index in [4.69, 9.17) is 9.47 Å². The van der Waals surface area contributed by atoms with Crippen molar-refractivity contribution in [2.75, 3.05) is 26.3 Å². The first-order chi connectivity index (χ1) is 9.72. The zero-order valence-corrected chi connectivity index (χ0v) is 12.3. The zero-order chi connectivity index (χ0) is 14.4. The Kier molecular flexibility index (Phi) is 5.41. The summed E-state index contributed by atoms with van der Waals surface area (Å²) in [4.78, 5) is 11.8. The molecule has 0 bridgehead atoms. The first kappa shape index (κ1) is 14.9. The van der Waals surface area contributed by atoms with Gasteiger partial charge in [0, 0.05) is 5.56 Å². The Hall–Kier alpha value is -1.55. The number of carbonyl (C=O) groups excluding carboxylic acids is 1. The molecule has 1 saturated heterocycles. The molecule has 1 aliphatic rings. The number of carbonyl (C=O) groups is 1. The monoisotopic (exact) mass is 277 g/mol. The van der Waals surface area contributed by atoms with E-state index in [0.717, 1.165) is 43.9 Å². The predicted octanol–water partition coefficient (Wildman–Crippen LogP) is 2.55. The van der Waals surface area contributed by atoms with E-state index in [-0.39, 0.29) is 5.97 Å². The molecule has 0 radical (unpaired) electrons. The molecule has 1 aromatic carbocycles. The van der Waals surface area contributed by atoms with Crippen molar-refractivity contribution in [2.45, 2.75) is 26.7 Å². The van der Waals surface area contributed by atoms with Crippen molar-refractivity contribution in [1.29, 1.82) is 0 Å². The van der Waals surface area contributed by atoms with Crippen molar-refractivity contribution in [1.82, 2.24) is 5.32 Å². The van der Waals surface area contributed by atoms with Gasteiger partial charge in [0.25, 0.3) is 0 Å². The molecular weight excluding hydrogens is 254 g/mol. The standard InChI is InChI=1S/C16H23NO3/c1-3-19-16(18)14-5-4-6-15(12(14)2)20-11-13-7-9-17-10-8-13/h4-6,13,17H,3,7-11H2,1-2H3. The molecule has 4 heteroatoms. The normalized spacial score (nSPS) is 15.9. The summed E-state index contributed by atoms with van der Waals surface area (Å²) in [7, 11) is 0. The van der Waals surface area contributed by atoms with Gasteiger partial charge in [0.1, 0.15) is 5.75 Å². The van der Waals surface area contributed by atoms with Crippen LogP contribution in [-0.4, -0.2) is 32.3 Å². The van der Waals surface area contributed by atoms with E-state index in [9.17, 15) is 4.79 Å². The third kappa shape index (κ3) is 3.73. The van der Waals surface area contributed by atoms with Crippen LogP contribution in [0.4, 0.5) is 0 Å². The average Bonchev–Trinajstić information content (AvgIpc) is 2.47. The Morgan fingerprint density at radius 3 is 2.80 bits per heavy atom. The number of benzene rings is 1. The van der Waals surface area contributed by atoms with Crippen molar-refractivity contribution in [3.05, 3.63) is 29.3 Å². The summed E-state index contributed by atoms with van der Waals surface area (Å²) in [6.07, 6.45) is 2.30. The number of piperidine rings is 1. The third-order valence-corrected chi connectivity index (χ3v) is 3.71. The van der Waals surface area contributed by atoms with Crippen molar-refractivity contribution >= 4 is 5.97 Å². The number of nitrogens with one attached hydrogen (secondary N) is 1. The van der Waals surface area contributed by atoms with Gasteiger partial charge in [-0.3, -0.25) is 0 Å². The molecule has 2 rings (SSSR count). The predicted molar refractivity (Wildman–Crippen MR) is 78.2 cm³/mol. The second-order valence-electron chi connectivity index (χ2n) is 5.15. The molecule has 1 heterocycles. The summed E-state index contributed by atoms with van der Waals surface area (Å²) in [5, 5.41) is 3.35. The number of ether oxygens (including phenoxy) is 2. The van der Waals surface area contributed by atoms with E-state index in [2.05, 4.69) is 5.32 Å². The van der Waals surface area contributed by atoms with Crippen LogP contribution in [0.2, 0.25) is 0 Å². The number of esters is 1. The lowest BCUT2D eigenvalue weighted by Crippen LogP contribution is -2.30. The molecule has 1 N–H and O–H groups in total. The van der Waals surface area contributed by atoms with Crippen LogP contribution in [-0.2, 0) is 4.74 Å². The highest BCUT2D eigenvalue weighted by molar-refractivity contribution is 5.91. The van der Waals surface area contributed by atoms with Gasteiger partial charge in [-0.05, 0) is 57.8 Å². The van der Waals surface area contributed by atoms with Crippen LogP contribution in [0.5, 0.6) is 5.75 Å². The van der Waals surface area contributed by atoms with Crippen molar-refractivity contribution in [3.63, 3.8) is 0 Å². The SMILES string of the molecule is CCOC(=O)c1cccc(OCC2CCNCC2)c1C. The topological polar surface area (TPSA) is 47.6 Å². The maximum atomic E-state index is 11.8. The quantitative estimate of drug-likeness (QED) is 0.840. The zero-order valence-electron chi connectivity index (χ0n) is 12.3. The minimum atomic E-state index is -0.280. The molecule has 0 atom stereocenters. The average molecular weight is 277 g/mol. The third-order valence-electron chi connectivity index (χ3n) is 3.71. The minimum Gasteiger partial charge on any atom is -0.493 e. The molecule has 1 fully saturated rings. The van der Waals surface area contributed by atoms with Gasteiger partial charge in [0.2, 0.25) is 0 Å². The summed E-state index contributed by atoms with van der Waals surface area (Å²) in [5.74, 6) is 1.10. The number of hydrogen-bond donors (Lipinski definition) is 1. The maximum Gasteiger partial charge on any atom is 0.338 e. The van der Waals surface area contributed by atoms with Crippen LogP contribution >= 0.6 is 0 Å². The van der Waals surface area contributed by atoms with Gasteiger partial charge in [-0.15, -0.1) is 0 Å². The summed E-state index contributed by atoms with van der Waals surface area (Å²) >= 11 is 0. The fourth-order valence-corrected chi connectivity index (χ4v) is 2.46.